The van der Waals surface area contributed by atoms with Crippen LogP contribution in [-0.4, -0.2) is 21.1 Å². The van der Waals surface area contributed by atoms with Crippen LogP contribution in [0.2, 0.25) is 0 Å². The molecule has 118 valence electrons. The summed E-state index contributed by atoms with van der Waals surface area (Å²) >= 11 is 5.09. The van der Waals surface area contributed by atoms with Gasteiger partial charge in [-0.05, 0) is 35.7 Å². The van der Waals surface area contributed by atoms with Gasteiger partial charge in [0.1, 0.15) is 0 Å². The van der Waals surface area contributed by atoms with Crippen LogP contribution in [0.4, 0.5) is 5.69 Å². The molecule has 0 aliphatic heterocycles. The maximum Gasteiger partial charge on any atom is 0.276 e. The van der Waals surface area contributed by atoms with Crippen molar-refractivity contribution in [3.8, 4) is 10.6 Å². The molecule has 24 heavy (non-hydrogen) atoms. The SMILES string of the molecule is O=C(Nc1ccc(Br)c2cccnc12)c1cc(-c2cccs2)[nH]n1. The van der Waals surface area contributed by atoms with Crippen LogP contribution >= 0.6 is 27.3 Å². The molecule has 0 fully saturated rings. The predicted molar refractivity (Wildman–Crippen MR) is 99.3 cm³/mol. The van der Waals surface area contributed by atoms with Gasteiger partial charge in [0.05, 0.1) is 21.8 Å². The van der Waals surface area contributed by atoms with Crippen molar-refractivity contribution in [2.75, 3.05) is 5.32 Å². The molecule has 0 bridgehead atoms. The lowest BCUT2D eigenvalue weighted by molar-refractivity contribution is 0.102. The van der Waals surface area contributed by atoms with Gasteiger partial charge in [0, 0.05) is 16.1 Å². The van der Waals surface area contributed by atoms with E-state index < -0.39 is 0 Å². The van der Waals surface area contributed by atoms with Crippen molar-refractivity contribution in [3.63, 3.8) is 0 Å². The zero-order valence-electron chi connectivity index (χ0n) is 12.3. The smallest absolute Gasteiger partial charge is 0.276 e. The van der Waals surface area contributed by atoms with Crippen LogP contribution in [-0.2, 0) is 0 Å². The standard InChI is InChI=1S/C17H11BrN4OS/c18-11-5-6-12(16-10(11)3-1-7-19-16)20-17(23)14-9-13(21-22-14)15-4-2-8-24-15/h1-9H,(H,20,23)(H,21,22). The molecule has 3 aromatic heterocycles. The van der Waals surface area contributed by atoms with Crippen molar-refractivity contribution >= 4 is 49.8 Å². The first-order valence-electron chi connectivity index (χ1n) is 7.16. The minimum atomic E-state index is -0.275. The number of carbonyl (C=O) groups excluding carboxylic acids is 1. The molecule has 0 aliphatic rings. The average Bonchev–Trinajstić information content (AvgIpc) is 3.28. The maximum absolute atomic E-state index is 12.5. The summed E-state index contributed by atoms with van der Waals surface area (Å²) in [4.78, 5) is 17.9. The fraction of sp³-hybridized carbons (Fsp3) is 0. The Kier molecular flexibility index (Phi) is 3.87. The summed E-state index contributed by atoms with van der Waals surface area (Å²) in [6.07, 6.45) is 1.70. The minimum absolute atomic E-state index is 0.275. The van der Waals surface area contributed by atoms with Gasteiger partial charge in [-0.1, -0.05) is 28.1 Å². The summed E-state index contributed by atoms with van der Waals surface area (Å²) in [7, 11) is 0. The van der Waals surface area contributed by atoms with Crippen LogP contribution in [0.15, 0.2) is 58.5 Å². The number of halogens is 1. The second-order valence-electron chi connectivity index (χ2n) is 5.09. The molecular formula is C17H11BrN4OS. The number of pyridine rings is 1. The van der Waals surface area contributed by atoms with Gasteiger partial charge in [0.25, 0.3) is 5.91 Å². The Bertz CT molecular complexity index is 1030. The van der Waals surface area contributed by atoms with E-state index in [-0.39, 0.29) is 5.91 Å². The first kappa shape index (κ1) is 15.0. The summed E-state index contributed by atoms with van der Waals surface area (Å²) in [5.41, 5.74) is 2.55. The molecule has 0 unspecified atom stereocenters. The van der Waals surface area contributed by atoms with Crippen LogP contribution < -0.4 is 5.32 Å². The van der Waals surface area contributed by atoms with E-state index in [9.17, 15) is 4.79 Å². The normalized spacial score (nSPS) is 10.9. The summed E-state index contributed by atoms with van der Waals surface area (Å²) in [5.74, 6) is -0.275. The molecule has 0 radical (unpaired) electrons. The van der Waals surface area contributed by atoms with Crippen molar-refractivity contribution in [2.24, 2.45) is 0 Å². The van der Waals surface area contributed by atoms with E-state index in [0.29, 0.717) is 11.4 Å². The molecular weight excluding hydrogens is 388 g/mol. The number of rotatable bonds is 3. The average molecular weight is 399 g/mol. The van der Waals surface area contributed by atoms with E-state index in [2.05, 4.69) is 36.4 Å². The number of amides is 1. The van der Waals surface area contributed by atoms with E-state index in [1.54, 1.807) is 23.6 Å². The molecule has 7 heteroatoms. The molecule has 4 aromatic rings. The number of nitrogens with zero attached hydrogens (tertiary/aromatic N) is 2. The highest BCUT2D eigenvalue weighted by Crippen LogP contribution is 2.29. The zero-order chi connectivity index (χ0) is 16.5. The second kappa shape index (κ2) is 6.18. The summed E-state index contributed by atoms with van der Waals surface area (Å²) in [5, 5.41) is 12.8. The number of benzene rings is 1. The van der Waals surface area contributed by atoms with Crippen LogP contribution in [0.1, 0.15) is 10.5 Å². The number of anilines is 1. The Morgan fingerprint density at radius 1 is 1.21 bits per heavy atom. The van der Waals surface area contributed by atoms with Gasteiger partial charge in [-0.25, -0.2) is 0 Å². The van der Waals surface area contributed by atoms with E-state index in [4.69, 9.17) is 0 Å². The predicted octanol–water partition coefficient (Wildman–Crippen LogP) is 4.70. The van der Waals surface area contributed by atoms with Crippen molar-refractivity contribution in [1.29, 1.82) is 0 Å². The highest BCUT2D eigenvalue weighted by Gasteiger charge is 2.14. The molecule has 0 aliphatic carbocycles. The highest BCUT2D eigenvalue weighted by molar-refractivity contribution is 9.10. The van der Waals surface area contributed by atoms with E-state index in [0.717, 1.165) is 25.9 Å². The second-order valence-corrected chi connectivity index (χ2v) is 6.89. The quantitative estimate of drug-likeness (QED) is 0.525. The molecule has 0 saturated heterocycles. The van der Waals surface area contributed by atoms with Gasteiger partial charge in [-0.3, -0.25) is 14.9 Å². The number of nitrogens with one attached hydrogen (secondary N) is 2. The number of fused-ring (bicyclic) bond motifs is 1. The minimum Gasteiger partial charge on any atom is -0.319 e. The number of hydrogen-bond acceptors (Lipinski definition) is 4. The zero-order valence-corrected chi connectivity index (χ0v) is 14.7. The largest absolute Gasteiger partial charge is 0.319 e. The first-order chi connectivity index (χ1) is 11.7. The lowest BCUT2D eigenvalue weighted by Crippen LogP contribution is -2.12. The number of hydrogen-bond donors (Lipinski definition) is 2. The first-order valence-corrected chi connectivity index (χ1v) is 8.83. The van der Waals surface area contributed by atoms with E-state index in [1.165, 1.54) is 0 Å². The molecule has 3 heterocycles. The summed E-state index contributed by atoms with van der Waals surface area (Å²) in [6.45, 7) is 0. The fourth-order valence-electron chi connectivity index (χ4n) is 2.42. The molecule has 0 atom stereocenters. The van der Waals surface area contributed by atoms with E-state index in [1.807, 2.05) is 41.8 Å². The number of carbonyl (C=O) groups is 1. The molecule has 0 spiro atoms. The third kappa shape index (κ3) is 2.72. The number of H-pyrrole nitrogens is 1. The Labute approximate surface area is 149 Å². The molecule has 1 aromatic carbocycles. The van der Waals surface area contributed by atoms with Crippen molar-refractivity contribution in [3.05, 3.63) is 64.2 Å². The van der Waals surface area contributed by atoms with Gasteiger partial charge in [0.2, 0.25) is 0 Å². The maximum atomic E-state index is 12.5. The third-order valence-electron chi connectivity index (χ3n) is 3.56. The monoisotopic (exact) mass is 398 g/mol. The number of aromatic amines is 1. The summed E-state index contributed by atoms with van der Waals surface area (Å²) < 4.78 is 0.934. The van der Waals surface area contributed by atoms with Gasteiger partial charge >= 0.3 is 0 Å². The lowest BCUT2D eigenvalue weighted by atomic mass is 10.2. The van der Waals surface area contributed by atoms with Crippen molar-refractivity contribution in [1.82, 2.24) is 15.2 Å². The molecule has 1 amide bonds. The fourth-order valence-corrected chi connectivity index (χ4v) is 3.57. The lowest BCUT2D eigenvalue weighted by Gasteiger charge is -2.08. The van der Waals surface area contributed by atoms with Crippen LogP contribution in [0.5, 0.6) is 0 Å². The Morgan fingerprint density at radius 2 is 2.12 bits per heavy atom. The Balaban J connectivity index is 1.64. The van der Waals surface area contributed by atoms with Crippen LogP contribution in [0, 0.1) is 0 Å². The van der Waals surface area contributed by atoms with Crippen LogP contribution in [0.25, 0.3) is 21.5 Å². The number of aromatic nitrogens is 3. The van der Waals surface area contributed by atoms with Gasteiger partial charge < -0.3 is 5.32 Å². The van der Waals surface area contributed by atoms with E-state index >= 15 is 0 Å². The molecule has 4 rings (SSSR count). The number of thiophene rings is 1. The third-order valence-corrected chi connectivity index (χ3v) is 5.16. The van der Waals surface area contributed by atoms with Gasteiger partial charge in [0.15, 0.2) is 5.69 Å². The Hall–Kier alpha value is -2.51. The van der Waals surface area contributed by atoms with Crippen LogP contribution in [0.3, 0.4) is 0 Å². The highest BCUT2D eigenvalue weighted by atomic mass is 79.9. The molecule has 0 saturated carbocycles. The van der Waals surface area contributed by atoms with Crippen molar-refractivity contribution < 1.29 is 4.79 Å². The Morgan fingerprint density at radius 3 is 2.96 bits per heavy atom. The molecule has 2 N–H and O–H groups in total. The van der Waals surface area contributed by atoms with Gasteiger partial charge in [-0.2, -0.15) is 5.10 Å². The van der Waals surface area contributed by atoms with Crippen molar-refractivity contribution in [2.45, 2.75) is 0 Å². The topological polar surface area (TPSA) is 70.7 Å². The molecule has 5 nitrogen and oxygen atoms in total. The summed E-state index contributed by atoms with van der Waals surface area (Å²) in [6, 6.07) is 13.2. The van der Waals surface area contributed by atoms with Gasteiger partial charge in [-0.15, -0.1) is 11.3 Å².